The zero-order valence-corrected chi connectivity index (χ0v) is 20.7. The van der Waals surface area contributed by atoms with Crippen molar-refractivity contribution in [3.8, 4) is 11.3 Å². The van der Waals surface area contributed by atoms with E-state index in [9.17, 15) is 33.3 Å². The summed E-state index contributed by atoms with van der Waals surface area (Å²) in [7, 11) is 1.40. The molecular formula is C24H26F3N5O7. The molecule has 0 radical (unpaired) electrons. The molecule has 39 heavy (non-hydrogen) atoms. The van der Waals surface area contributed by atoms with Crippen molar-refractivity contribution in [2.45, 2.75) is 49.2 Å². The van der Waals surface area contributed by atoms with Gasteiger partial charge in [0.1, 0.15) is 35.8 Å². The maximum atomic E-state index is 13.8. The van der Waals surface area contributed by atoms with Gasteiger partial charge in [0, 0.05) is 44.2 Å². The predicted octanol–water partition coefficient (Wildman–Crippen LogP) is 1.74. The summed E-state index contributed by atoms with van der Waals surface area (Å²) in [4.78, 5) is 12.5. The third-order valence-electron chi connectivity index (χ3n) is 7.18. The van der Waals surface area contributed by atoms with Crippen LogP contribution < -0.4 is 0 Å². The van der Waals surface area contributed by atoms with Crippen LogP contribution in [0.15, 0.2) is 28.9 Å². The third-order valence-corrected chi connectivity index (χ3v) is 7.18. The van der Waals surface area contributed by atoms with Crippen LogP contribution in [-0.2, 0) is 15.9 Å². The summed E-state index contributed by atoms with van der Waals surface area (Å²) >= 11 is 0. The minimum atomic E-state index is -1.61. The van der Waals surface area contributed by atoms with Crippen molar-refractivity contribution in [2.75, 3.05) is 26.8 Å². The number of halogens is 3. The molecule has 1 amide bonds. The fraction of sp³-hybridized carbons (Fsp3) is 0.500. The van der Waals surface area contributed by atoms with Crippen molar-refractivity contribution in [3.05, 3.63) is 53.3 Å². The van der Waals surface area contributed by atoms with Crippen molar-refractivity contribution in [1.29, 1.82) is 0 Å². The SMILES string of the molecule is CO[C@@H]1[C@@H](n2cc(-c3cc(F)c(F)c(F)c3)nn2)[C@@H](O)[C@@H](CO)O[C@@H]1Cc1cc(C2CCN(C(=O)O)C2)on1. The number of aliphatic hydroxyl groups excluding tert-OH is 2. The van der Waals surface area contributed by atoms with Crippen LogP contribution in [0.25, 0.3) is 11.3 Å². The van der Waals surface area contributed by atoms with E-state index in [4.69, 9.17) is 14.0 Å². The molecule has 4 heterocycles. The van der Waals surface area contributed by atoms with Gasteiger partial charge in [0.2, 0.25) is 0 Å². The molecule has 12 nitrogen and oxygen atoms in total. The molecule has 0 saturated carbocycles. The van der Waals surface area contributed by atoms with Crippen molar-refractivity contribution in [2.24, 2.45) is 0 Å². The zero-order chi connectivity index (χ0) is 27.8. The Morgan fingerprint density at radius 1 is 1.21 bits per heavy atom. The highest BCUT2D eigenvalue weighted by molar-refractivity contribution is 5.65. The van der Waals surface area contributed by atoms with Gasteiger partial charge in [-0.3, -0.25) is 0 Å². The summed E-state index contributed by atoms with van der Waals surface area (Å²) in [5, 5.41) is 42.1. The zero-order valence-electron chi connectivity index (χ0n) is 20.7. The van der Waals surface area contributed by atoms with Gasteiger partial charge in [0.05, 0.1) is 24.6 Å². The first-order chi connectivity index (χ1) is 18.7. The molecular weight excluding hydrogens is 527 g/mol. The van der Waals surface area contributed by atoms with E-state index in [1.165, 1.54) is 22.9 Å². The molecule has 3 N–H and O–H groups in total. The number of hydrogen-bond acceptors (Lipinski definition) is 9. The summed E-state index contributed by atoms with van der Waals surface area (Å²) < 4.78 is 59.2. The van der Waals surface area contributed by atoms with Crippen LogP contribution in [0, 0.1) is 17.5 Å². The quantitative estimate of drug-likeness (QED) is 0.368. The topological polar surface area (TPSA) is 156 Å². The molecule has 0 bridgehead atoms. The highest BCUT2D eigenvalue weighted by Gasteiger charge is 2.47. The molecule has 210 valence electrons. The van der Waals surface area contributed by atoms with Crippen molar-refractivity contribution < 1.29 is 47.3 Å². The minimum absolute atomic E-state index is 0.0200. The van der Waals surface area contributed by atoms with Crippen LogP contribution in [0.3, 0.4) is 0 Å². The first-order valence-electron chi connectivity index (χ1n) is 12.2. The van der Waals surface area contributed by atoms with Gasteiger partial charge in [-0.15, -0.1) is 5.10 Å². The van der Waals surface area contributed by atoms with Gasteiger partial charge in [-0.25, -0.2) is 22.6 Å². The molecule has 15 heteroatoms. The van der Waals surface area contributed by atoms with Gasteiger partial charge in [-0.05, 0) is 18.6 Å². The normalized spacial score (nSPS) is 27.3. The molecule has 2 aliphatic heterocycles. The standard InChI is InChI=1S/C24H26F3N5O7/c1-37-23-18(7-13-6-17(39-29-13)11-2-3-31(8-11)24(35)36)38-19(10-33)22(34)21(23)32-9-16(28-30-32)12-4-14(25)20(27)15(26)5-12/h4-6,9,11,18-19,21-23,33-34H,2-3,7-8,10H2,1H3,(H,35,36)/t11?,18-,19-,21+,22+,23+/m1/s1. The number of nitrogens with zero attached hydrogens (tertiary/aromatic N) is 5. The van der Waals surface area contributed by atoms with Crippen LogP contribution in [-0.4, -0.2) is 97.7 Å². The van der Waals surface area contributed by atoms with E-state index >= 15 is 0 Å². The molecule has 1 unspecified atom stereocenters. The number of aromatic nitrogens is 4. The predicted molar refractivity (Wildman–Crippen MR) is 124 cm³/mol. The van der Waals surface area contributed by atoms with Crippen LogP contribution in [0.2, 0.25) is 0 Å². The van der Waals surface area contributed by atoms with E-state index in [2.05, 4.69) is 15.5 Å². The molecule has 2 aromatic heterocycles. The number of methoxy groups -OCH3 is 1. The summed E-state index contributed by atoms with van der Waals surface area (Å²) in [6.07, 6.45) is -2.84. The summed E-state index contributed by atoms with van der Waals surface area (Å²) in [5.41, 5.74) is 0.452. The van der Waals surface area contributed by atoms with Gasteiger partial charge in [-0.2, -0.15) is 0 Å². The third kappa shape index (κ3) is 5.22. The lowest BCUT2D eigenvalue weighted by Gasteiger charge is -2.43. The summed E-state index contributed by atoms with van der Waals surface area (Å²) in [6.45, 7) is 0.155. The van der Waals surface area contributed by atoms with E-state index in [1.807, 2.05) is 0 Å². The van der Waals surface area contributed by atoms with E-state index < -0.39 is 60.6 Å². The number of carboxylic acid groups (broad SMARTS) is 1. The Bertz CT molecular complexity index is 1310. The number of likely N-dealkylation sites (tertiary alicyclic amines) is 1. The molecule has 0 spiro atoms. The lowest BCUT2D eigenvalue weighted by atomic mass is 9.90. The van der Waals surface area contributed by atoms with Gasteiger partial charge in [0.25, 0.3) is 0 Å². The Hall–Kier alpha value is -3.53. The lowest BCUT2D eigenvalue weighted by molar-refractivity contribution is -0.212. The highest BCUT2D eigenvalue weighted by Crippen LogP contribution is 2.35. The van der Waals surface area contributed by atoms with Crippen molar-refractivity contribution >= 4 is 6.09 Å². The first-order valence-corrected chi connectivity index (χ1v) is 12.2. The molecule has 2 aliphatic rings. The number of amides is 1. The maximum Gasteiger partial charge on any atom is 0.407 e. The fourth-order valence-corrected chi connectivity index (χ4v) is 5.18. The monoisotopic (exact) mass is 553 g/mol. The fourth-order valence-electron chi connectivity index (χ4n) is 5.18. The second kappa shape index (κ2) is 10.9. The van der Waals surface area contributed by atoms with E-state index in [1.54, 1.807) is 6.07 Å². The second-order valence-electron chi connectivity index (χ2n) is 9.55. The van der Waals surface area contributed by atoms with E-state index in [0.29, 0.717) is 31.0 Å². The number of aliphatic hydroxyl groups is 2. The number of ether oxygens (including phenoxy) is 2. The number of hydrogen-bond donors (Lipinski definition) is 3. The Morgan fingerprint density at radius 2 is 1.95 bits per heavy atom. The summed E-state index contributed by atoms with van der Waals surface area (Å²) in [6, 6.07) is 2.34. The van der Waals surface area contributed by atoms with Gasteiger partial charge in [-0.1, -0.05) is 10.4 Å². The van der Waals surface area contributed by atoms with Gasteiger partial charge in [0.15, 0.2) is 17.5 Å². The number of rotatable bonds is 7. The van der Waals surface area contributed by atoms with Crippen molar-refractivity contribution in [1.82, 2.24) is 25.1 Å². The molecule has 5 rings (SSSR count). The van der Waals surface area contributed by atoms with Crippen LogP contribution >= 0.6 is 0 Å². The van der Waals surface area contributed by atoms with Gasteiger partial charge < -0.3 is 34.2 Å². The van der Waals surface area contributed by atoms with Crippen molar-refractivity contribution in [3.63, 3.8) is 0 Å². The largest absolute Gasteiger partial charge is 0.465 e. The molecule has 6 atom stereocenters. The average Bonchev–Trinajstić information content (AvgIpc) is 3.68. The van der Waals surface area contributed by atoms with Crippen LogP contribution in [0.1, 0.15) is 29.8 Å². The molecule has 2 saturated heterocycles. The Morgan fingerprint density at radius 3 is 2.59 bits per heavy atom. The smallest absolute Gasteiger partial charge is 0.407 e. The number of carbonyl (C=O) groups is 1. The Labute approximate surface area is 219 Å². The molecule has 2 fully saturated rings. The van der Waals surface area contributed by atoms with Crippen LogP contribution in [0.4, 0.5) is 18.0 Å². The lowest BCUT2D eigenvalue weighted by Crippen LogP contribution is -2.57. The Kier molecular flexibility index (Phi) is 7.57. The maximum absolute atomic E-state index is 13.8. The molecule has 3 aromatic rings. The highest BCUT2D eigenvalue weighted by atomic mass is 19.2. The Balaban J connectivity index is 1.38. The minimum Gasteiger partial charge on any atom is -0.465 e. The second-order valence-corrected chi connectivity index (χ2v) is 9.55. The summed E-state index contributed by atoms with van der Waals surface area (Å²) in [5.74, 6) is -3.99. The first kappa shape index (κ1) is 27.1. The van der Waals surface area contributed by atoms with E-state index in [0.717, 1.165) is 12.1 Å². The number of benzene rings is 1. The average molecular weight is 553 g/mol. The van der Waals surface area contributed by atoms with E-state index in [-0.39, 0.29) is 23.6 Å². The molecule has 1 aromatic carbocycles. The van der Waals surface area contributed by atoms with Gasteiger partial charge >= 0.3 is 6.09 Å². The molecule has 0 aliphatic carbocycles. The van der Waals surface area contributed by atoms with Crippen LogP contribution in [0.5, 0.6) is 0 Å².